The molecule has 0 N–H and O–H groups in total. The highest BCUT2D eigenvalue weighted by Crippen LogP contribution is 2.00. The van der Waals surface area contributed by atoms with E-state index in [1.807, 2.05) is 7.05 Å². The second-order valence-electron chi connectivity index (χ2n) is 2.06. The summed E-state index contributed by atoms with van der Waals surface area (Å²) in [6.45, 7) is 1.24. The standard InChI is InChI=1S/C5H12N2S/c1-6-8-4-3-7(2)5-8/h3-5H2,1-2H3. The molecule has 0 amide bonds. The zero-order valence-electron chi connectivity index (χ0n) is 5.42. The van der Waals surface area contributed by atoms with Gasteiger partial charge in [-0.15, -0.1) is 0 Å². The zero-order chi connectivity index (χ0) is 5.98. The molecule has 48 valence electrons. The molecule has 0 aromatic carbocycles. The predicted octanol–water partition coefficient (Wildman–Crippen LogP) is 0.321. The molecule has 3 heteroatoms. The predicted molar refractivity (Wildman–Crippen MR) is 38.1 cm³/mol. The van der Waals surface area contributed by atoms with Gasteiger partial charge < -0.3 is 0 Å². The molecular weight excluding hydrogens is 120 g/mol. The molecule has 0 aromatic rings. The van der Waals surface area contributed by atoms with Crippen molar-refractivity contribution in [2.45, 2.75) is 0 Å². The zero-order valence-corrected chi connectivity index (χ0v) is 6.24. The van der Waals surface area contributed by atoms with E-state index < -0.39 is 0 Å². The van der Waals surface area contributed by atoms with E-state index in [9.17, 15) is 0 Å². The maximum absolute atomic E-state index is 4.22. The monoisotopic (exact) mass is 132 g/mol. The quantitative estimate of drug-likeness (QED) is 0.463. The first kappa shape index (κ1) is 6.23. The summed E-state index contributed by atoms with van der Waals surface area (Å²) in [4.78, 5) is 2.33. The lowest BCUT2D eigenvalue weighted by molar-refractivity contribution is 0.438. The van der Waals surface area contributed by atoms with Crippen molar-refractivity contribution in [3.63, 3.8) is 0 Å². The molecule has 1 saturated heterocycles. The van der Waals surface area contributed by atoms with Crippen molar-refractivity contribution in [1.82, 2.24) is 4.90 Å². The van der Waals surface area contributed by atoms with Crippen LogP contribution in [0.2, 0.25) is 0 Å². The fraction of sp³-hybridized carbons (Fsp3) is 1.00. The van der Waals surface area contributed by atoms with Crippen LogP contribution < -0.4 is 0 Å². The molecular formula is C5H12N2S. The van der Waals surface area contributed by atoms with Gasteiger partial charge in [0.1, 0.15) is 0 Å². The minimum Gasteiger partial charge on any atom is -0.295 e. The van der Waals surface area contributed by atoms with Crippen LogP contribution in [0.3, 0.4) is 0 Å². The Morgan fingerprint density at radius 3 is 2.62 bits per heavy atom. The molecule has 1 unspecified atom stereocenters. The van der Waals surface area contributed by atoms with Gasteiger partial charge in [0.15, 0.2) is 0 Å². The highest BCUT2D eigenvalue weighted by molar-refractivity contribution is 7.87. The Hall–Kier alpha value is 0.110. The smallest absolute Gasteiger partial charge is 0.0550 e. The molecule has 1 aliphatic heterocycles. The summed E-state index contributed by atoms with van der Waals surface area (Å²) in [5.74, 6) is 2.48. The third-order valence-electron chi connectivity index (χ3n) is 1.34. The second-order valence-corrected chi connectivity index (χ2v) is 4.01. The molecule has 0 radical (unpaired) electrons. The van der Waals surface area contributed by atoms with Crippen LogP contribution in [0.25, 0.3) is 0 Å². The molecule has 0 aromatic heterocycles. The van der Waals surface area contributed by atoms with Crippen LogP contribution in [-0.2, 0) is 10.7 Å². The van der Waals surface area contributed by atoms with Gasteiger partial charge in [-0.25, -0.2) is 0 Å². The molecule has 1 atom stereocenters. The summed E-state index contributed by atoms with van der Waals surface area (Å²) in [7, 11) is 4.46. The molecule has 1 fully saturated rings. The van der Waals surface area contributed by atoms with Gasteiger partial charge in [-0.2, -0.15) is 0 Å². The van der Waals surface area contributed by atoms with Gasteiger partial charge in [0.25, 0.3) is 0 Å². The van der Waals surface area contributed by atoms with Crippen molar-refractivity contribution in [1.29, 1.82) is 0 Å². The minimum absolute atomic E-state index is 0.387. The lowest BCUT2D eigenvalue weighted by Crippen LogP contribution is -2.12. The van der Waals surface area contributed by atoms with E-state index in [2.05, 4.69) is 16.3 Å². The summed E-state index contributed by atoms with van der Waals surface area (Å²) in [6, 6.07) is 0. The molecule has 1 heterocycles. The molecule has 0 aliphatic carbocycles. The van der Waals surface area contributed by atoms with Crippen LogP contribution in [0.4, 0.5) is 0 Å². The topological polar surface area (TPSA) is 15.6 Å². The number of hydrogen-bond acceptors (Lipinski definition) is 2. The van der Waals surface area contributed by atoms with Crippen LogP contribution in [0.15, 0.2) is 4.36 Å². The first-order chi connectivity index (χ1) is 3.83. The van der Waals surface area contributed by atoms with Gasteiger partial charge in [-0.05, 0) is 7.05 Å². The van der Waals surface area contributed by atoms with Crippen LogP contribution >= 0.6 is 0 Å². The highest BCUT2D eigenvalue weighted by atomic mass is 32.2. The Labute approximate surface area is 53.0 Å². The minimum atomic E-state index is 0.387. The molecule has 1 rings (SSSR count). The van der Waals surface area contributed by atoms with Gasteiger partial charge in [-0.3, -0.25) is 9.26 Å². The summed E-state index contributed by atoms with van der Waals surface area (Å²) < 4.78 is 4.22. The van der Waals surface area contributed by atoms with Crippen LogP contribution in [0.1, 0.15) is 0 Å². The van der Waals surface area contributed by atoms with E-state index in [0.29, 0.717) is 10.7 Å². The van der Waals surface area contributed by atoms with Crippen molar-refractivity contribution >= 4 is 10.7 Å². The van der Waals surface area contributed by atoms with Gasteiger partial charge in [0.05, 0.1) is 5.88 Å². The van der Waals surface area contributed by atoms with Crippen molar-refractivity contribution in [2.24, 2.45) is 4.36 Å². The van der Waals surface area contributed by atoms with Crippen LogP contribution in [0.5, 0.6) is 0 Å². The van der Waals surface area contributed by atoms with E-state index >= 15 is 0 Å². The van der Waals surface area contributed by atoms with Gasteiger partial charge >= 0.3 is 0 Å². The normalized spacial score (nSPS) is 32.0. The van der Waals surface area contributed by atoms with Crippen LogP contribution in [-0.4, -0.2) is 37.2 Å². The fourth-order valence-electron chi connectivity index (χ4n) is 0.794. The maximum atomic E-state index is 4.22. The Morgan fingerprint density at radius 1 is 1.62 bits per heavy atom. The summed E-state index contributed by atoms with van der Waals surface area (Å²) in [5.41, 5.74) is 0. The molecule has 1 aliphatic rings. The lowest BCUT2D eigenvalue weighted by Gasteiger charge is -2.01. The van der Waals surface area contributed by atoms with E-state index in [1.54, 1.807) is 0 Å². The molecule has 0 spiro atoms. The van der Waals surface area contributed by atoms with Crippen molar-refractivity contribution < 1.29 is 0 Å². The fourth-order valence-corrected chi connectivity index (χ4v) is 2.38. The molecule has 8 heavy (non-hydrogen) atoms. The largest absolute Gasteiger partial charge is 0.295 e. The Morgan fingerprint density at radius 2 is 2.38 bits per heavy atom. The Bertz CT molecular complexity index is 111. The third kappa shape index (κ3) is 1.29. The molecule has 2 nitrogen and oxygen atoms in total. The highest BCUT2D eigenvalue weighted by Gasteiger charge is 2.09. The number of rotatable bonds is 0. The first-order valence-corrected chi connectivity index (χ1v) is 4.31. The van der Waals surface area contributed by atoms with Gasteiger partial charge in [0, 0.05) is 19.3 Å². The third-order valence-corrected chi connectivity index (χ3v) is 3.25. The Balaban J connectivity index is 2.44. The average Bonchev–Trinajstić information content (AvgIpc) is 2.14. The van der Waals surface area contributed by atoms with Gasteiger partial charge in [0.2, 0.25) is 0 Å². The van der Waals surface area contributed by atoms with Crippen molar-refractivity contribution in [3.05, 3.63) is 0 Å². The molecule has 0 bridgehead atoms. The van der Waals surface area contributed by atoms with E-state index in [-0.39, 0.29) is 0 Å². The number of hydrogen-bond donors (Lipinski definition) is 0. The van der Waals surface area contributed by atoms with Crippen molar-refractivity contribution in [2.75, 3.05) is 32.3 Å². The molecule has 0 saturated carbocycles. The van der Waals surface area contributed by atoms with E-state index in [1.165, 1.54) is 18.2 Å². The summed E-state index contributed by atoms with van der Waals surface area (Å²) in [5, 5.41) is 0. The summed E-state index contributed by atoms with van der Waals surface area (Å²) in [6.07, 6.45) is 0. The van der Waals surface area contributed by atoms with Crippen molar-refractivity contribution in [3.8, 4) is 0 Å². The lowest BCUT2D eigenvalue weighted by atomic mass is 10.7. The van der Waals surface area contributed by atoms with E-state index in [4.69, 9.17) is 0 Å². The van der Waals surface area contributed by atoms with Crippen LogP contribution in [0, 0.1) is 0 Å². The van der Waals surface area contributed by atoms with Gasteiger partial charge in [-0.1, -0.05) is 10.7 Å². The number of nitrogens with zero attached hydrogens (tertiary/aromatic N) is 2. The average molecular weight is 132 g/mol. The Kier molecular flexibility index (Phi) is 2.02. The first-order valence-electron chi connectivity index (χ1n) is 2.79. The second kappa shape index (κ2) is 2.60. The SMILES string of the molecule is CN=S1CCN(C)C1. The van der Waals surface area contributed by atoms with E-state index in [0.717, 1.165) is 0 Å². The summed E-state index contributed by atoms with van der Waals surface area (Å²) >= 11 is 0. The maximum Gasteiger partial charge on any atom is 0.0550 e.